The fourth-order valence-electron chi connectivity index (χ4n) is 8.29. The summed E-state index contributed by atoms with van der Waals surface area (Å²) in [5.41, 5.74) is 13.9. The maximum atomic E-state index is 5.45. The highest BCUT2D eigenvalue weighted by Crippen LogP contribution is 2.41. The molecule has 0 saturated carbocycles. The molecule has 2 aromatic heterocycles. The average Bonchev–Trinajstić information content (AvgIpc) is 3.67. The van der Waals surface area contributed by atoms with Crippen LogP contribution in [0, 0.1) is 0 Å². The third-order valence-corrected chi connectivity index (χ3v) is 14.1. The number of nitrogens with zero attached hydrogens (tertiary/aromatic N) is 3. The number of hydrogen-bond acceptors (Lipinski definition) is 2. The molecular weight excluding hydrogens is 647 g/mol. The van der Waals surface area contributed by atoms with E-state index in [1.165, 1.54) is 60.1 Å². The summed E-state index contributed by atoms with van der Waals surface area (Å²) in [5, 5.41) is 5.11. The molecule has 1 aliphatic heterocycles. The second-order valence-corrected chi connectivity index (χ2v) is 18.5. The molecule has 7 aromatic carbocycles. The number of aromatic nitrogens is 3. The highest BCUT2D eigenvalue weighted by Gasteiger charge is 2.41. The molecule has 0 N–H and O–H groups in total. The monoisotopic (exact) mass is 681 g/mol. The number of para-hydroxylation sites is 1. The molecule has 9 aromatic rings. The van der Waals surface area contributed by atoms with Gasteiger partial charge in [-0.2, -0.15) is 0 Å². The molecule has 246 valence electrons. The normalized spacial score (nSPS) is 13.0. The first kappa shape index (κ1) is 30.5. The molecule has 10 rings (SSSR count). The van der Waals surface area contributed by atoms with Crippen LogP contribution in [-0.2, 0) is 0 Å². The van der Waals surface area contributed by atoms with Crippen molar-refractivity contribution in [3.05, 3.63) is 176 Å². The van der Waals surface area contributed by atoms with Crippen molar-refractivity contribution in [3.63, 3.8) is 0 Å². The molecule has 52 heavy (non-hydrogen) atoms. The van der Waals surface area contributed by atoms with Crippen molar-refractivity contribution in [2.75, 3.05) is 0 Å². The summed E-state index contributed by atoms with van der Waals surface area (Å²) >= 11 is 0. The number of rotatable bonds is 5. The van der Waals surface area contributed by atoms with Crippen molar-refractivity contribution in [1.82, 2.24) is 14.5 Å². The van der Waals surface area contributed by atoms with E-state index in [9.17, 15) is 0 Å². The van der Waals surface area contributed by atoms with Gasteiger partial charge in [0.25, 0.3) is 0 Å². The Bertz CT molecular complexity index is 2820. The highest BCUT2D eigenvalue weighted by molar-refractivity contribution is 7.03. The van der Waals surface area contributed by atoms with Gasteiger partial charge in [-0.1, -0.05) is 159 Å². The van der Waals surface area contributed by atoms with Crippen LogP contribution >= 0.6 is 0 Å². The van der Waals surface area contributed by atoms with Gasteiger partial charge in [-0.3, -0.25) is 0 Å². The molecule has 0 unspecified atom stereocenters. The largest absolute Gasteiger partial charge is 0.309 e. The van der Waals surface area contributed by atoms with Crippen LogP contribution in [0.1, 0.15) is 0 Å². The van der Waals surface area contributed by atoms with Crippen LogP contribution in [0.5, 0.6) is 0 Å². The molecule has 1 aliphatic rings. The van der Waals surface area contributed by atoms with Crippen molar-refractivity contribution in [2.45, 2.75) is 13.1 Å². The van der Waals surface area contributed by atoms with Gasteiger partial charge in [0, 0.05) is 38.5 Å². The first-order valence-electron chi connectivity index (χ1n) is 17.9. The van der Waals surface area contributed by atoms with Crippen LogP contribution in [0.25, 0.3) is 83.5 Å². The average molecular weight is 682 g/mol. The van der Waals surface area contributed by atoms with Gasteiger partial charge in [0.05, 0.1) is 16.7 Å². The lowest BCUT2D eigenvalue weighted by Gasteiger charge is -2.19. The fourth-order valence-corrected chi connectivity index (χ4v) is 11.2. The van der Waals surface area contributed by atoms with Gasteiger partial charge in [0.1, 0.15) is 8.07 Å². The standard InChI is InChI=1S/C48H35N3Si/c1-52(2)43-29-12-10-25-40(43)45-46(33-18-7-4-8-19-33)49-47(50-48(45)52)36-22-13-21-35(30-36)38-26-15-28-42-44(38)39-24-9-11-27-41(39)51(42)37-23-14-20-34(31-37)32-16-5-3-6-17-32/h3-31H,1-2H3. The molecule has 0 fully saturated rings. The Hall–Kier alpha value is -6.36. The predicted octanol–water partition coefficient (Wildman–Crippen LogP) is 11.0. The molecule has 0 bridgehead atoms. The zero-order chi connectivity index (χ0) is 34.8. The van der Waals surface area contributed by atoms with Gasteiger partial charge in [-0.15, -0.1) is 0 Å². The summed E-state index contributed by atoms with van der Waals surface area (Å²) in [6.07, 6.45) is 0. The highest BCUT2D eigenvalue weighted by atomic mass is 28.3. The van der Waals surface area contributed by atoms with Crippen LogP contribution < -0.4 is 10.5 Å². The van der Waals surface area contributed by atoms with Gasteiger partial charge in [-0.05, 0) is 63.3 Å². The van der Waals surface area contributed by atoms with Gasteiger partial charge in [-0.25, -0.2) is 9.97 Å². The summed E-state index contributed by atoms with van der Waals surface area (Å²) in [7, 11) is -2.06. The Morgan fingerprint density at radius 1 is 0.462 bits per heavy atom. The van der Waals surface area contributed by atoms with Crippen molar-refractivity contribution in [2.24, 2.45) is 0 Å². The lowest BCUT2D eigenvalue weighted by Crippen LogP contribution is -2.50. The Kier molecular flexibility index (Phi) is 6.95. The zero-order valence-corrected chi connectivity index (χ0v) is 30.1. The van der Waals surface area contributed by atoms with Crippen LogP contribution in [0.15, 0.2) is 176 Å². The lowest BCUT2D eigenvalue weighted by atomic mass is 9.97. The van der Waals surface area contributed by atoms with E-state index in [0.29, 0.717) is 0 Å². The first-order valence-corrected chi connectivity index (χ1v) is 20.9. The van der Waals surface area contributed by atoms with E-state index in [-0.39, 0.29) is 0 Å². The van der Waals surface area contributed by atoms with E-state index in [1.54, 1.807) is 0 Å². The van der Waals surface area contributed by atoms with Gasteiger partial charge >= 0.3 is 0 Å². The van der Waals surface area contributed by atoms with Crippen molar-refractivity contribution in [1.29, 1.82) is 0 Å². The third kappa shape index (κ3) is 4.72. The van der Waals surface area contributed by atoms with E-state index in [1.807, 2.05) is 0 Å². The van der Waals surface area contributed by atoms with Gasteiger partial charge < -0.3 is 4.57 Å². The smallest absolute Gasteiger partial charge is 0.159 e. The maximum absolute atomic E-state index is 5.45. The molecule has 4 heteroatoms. The molecule has 0 spiro atoms. The Morgan fingerprint density at radius 2 is 1.08 bits per heavy atom. The minimum Gasteiger partial charge on any atom is -0.309 e. The molecule has 3 nitrogen and oxygen atoms in total. The zero-order valence-electron chi connectivity index (χ0n) is 29.1. The SMILES string of the molecule is C[Si]1(C)c2ccccc2-c2c(-c3ccccc3)nc(-c3cccc(-c4cccc5c4c4ccccc4n5-c4cccc(-c5ccccc5)c4)c3)nc21. The molecule has 0 saturated heterocycles. The van der Waals surface area contributed by atoms with Crippen molar-refractivity contribution in [3.8, 4) is 61.7 Å². The fraction of sp³-hybridized carbons (Fsp3) is 0.0417. The summed E-state index contributed by atoms with van der Waals surface area (Å²) in [6.45, 7) is 4.84. The lowest BCUT2D eigenvalue weighted by molar-refractivity contribution is 1.18. The Morgan fingerprint density at radius 3 is 1.92 bits per heavy atom. The maximum Gasteiger partial charge on any atom is 0.159 e. The minimum absolute atomic E-state index is 0.778. The molecule has 0 radical (unpaired) electrons. The van der Waals surface area contributed by atoms with Gasteiger partial charge in [0.2, 0.25) is 0 Å². The van der Waals surface area contributed by atoms with Crippen molar-refractivity contribution < 1.29 is 0 Å². The van der Waals surface area contributed by atoms with Crippen LogP contribution in [0.2, 0.25) is 13.1 Å². The Labute approximate surface area is 304 Å². The molecular formula is C48H35N3Si. The third-order valence-electron chi connectivity index (χ3n) is 10.8. The van der Waals surface area contributed by atoms with Crippen LogP contribution in [0.3, 0.4) is 0 Å². The second kappa shape index (κ2) is 11.9. The quantitative estimate of drug-likeness (QED) is 0.169. The van der Waals surface area contributed by atoms with Gasteiger partial charge in [0.15, 0.2) is 5.82 Å². The van der Waals surface area contributed by atoms with Crippen LogP contribution in [0.4, 0.5) is 0 Å². The summed E-state index contributed by atoms with van der Waals surface area (Å²) in [4.78, 5) is 10.8. The van der Waals surface area contributed by atoms with E-state index < -0.39 is 8.07 Å². The van der Waals surface area contributed by atoms with E-state index in [4.69, 9.17) is 9.97 Å². The van der Waals surface area contributed by atoms with Crippen molar-refractivity contribution >= 4 is 40.4 Å². The first-order chi connectivity index (χ1) is 25.6. The number of fused-ring (bicyclic) bond motifs is 6. The second-order valence-electron chi connectivity index (χ2n) is 14.2. The Balaban J connectivity index is 1.16. The number of hydrogen-bond donors (Lipinski definition) is 0. The summed E-state index contributed by atoms with van der Waals surface area (Å²) in [6, 6.07) is 63.2. The summed E-state index contributed by atoms with van der Waals surface area (Å²) < 4.78 is 2.41. The molecule has 0 aliphatic carbocycles. The molecule has 0 amide bonds. The predicted molar refractivity (Wildman–Crippen MR) is 220 cm³/mol. The summed E-state index contributed by atoms with van der Waals surface area (Å²) in [5.74, 6) is 0.778. The van der Waals surface area contributed by atoms with E-state index in [2.05, 4.69) is 194 Å². The topological polar surface area (TPSA) is 30.7 Å². The molecule has 3 heterocycles. The minimum atomic E-state index is -2.06. The van der Waals surface area contributed by atoms with Crippen LogP contribution in [-0.4, -0.2) is 22.6 Å². The van der Waals surface area contributed by atoms with E-state index in [0.717, 1.165) is 33.9 Å². The number of benzene rings is 7. The van der Waals surface area contributed by atoms with E-state index >= 15 is 0 Å². The molecule has 0 atom stereocenters.